The SMILES string of the molecule is COCCn1cc(C(=O)Nc2nc3c(OC)ncc(-c4cnn(C)c4)c3s2)nn1. The average Bonchev–Trinajstić information content (AvgIpc) is 3.44. The van der Waals surface area contributed by atoms with Gasteiger partial charge < -0.3 is 9.47 Å². The van der Waals surface area contributed by atoms with Crippen LogP contribution in [0.2, 0.25) is 0 Å². The van der Waals surface area contributed by atoms with Gasteiger partial charge >= 0.3 is 0 Å². The summed E-state index contributed by atoms with van der Waals surface area (Å²) < 4.78 is 14.4. The largest absolute Gasteiger partial charge is 0.479 e. The highest BCUT2D eigenvalue weighted by atomic mass is 32.1. The number of thiazole rings is 1. The Kier molecular flexibility index (Phi) is 5.18. The van der Waals surface area contributed by atoms with E-state index in [1.165, 1.54) is 18.4 Å². The molecule has 0 bridgehead atoms. The van der Waals surface area contributed by atoms with Gasteiger partial charge in [-0.25, -0.2) is 14.6 Å². The lowest BCUT2D eigenvalue weighted by atomic mass is 10.1. The molecule has 11 nitrogen and oxygen atoms in total. The van der Waals surface area contributed by atoms with Crippen LogP contribution < -0.4 is 10.1 Å². The molecule has 4 heterocycles. The van der Waals surface area contributed by atoms with Gasteiger partial charge in [0.05, 0.1) is 37.4 Å². The van der Waals surface area contributed by atoms with Gasteiger partial charge in [-0.3, -0.25) is 14.8 Å². The van der Waals surface area contributed by atoms with Gasteiger partial charge in [-0.1, -0.05) is 16.6 Å². The first kappa shape index (κ1) is 19.0. The van der Waals surface area contributed by atoms with Crippen LogP contribution in [0.3, 0.4) is 0 Å². The van der Waals surface area contributed by atoms with Crippen LogP contribution in [0.1, 0.15) is 10.5 Å². The quantitative estimate of drug-likeness (QED) is 0.484. The van der Waals surface area contributed by atoms with E-state index < -0.39 is 5.91 Å². The summed E-state index contributed by atoms with van der Waals surface area (Å²) in [5.41, 5.74) is 2.52. The van der Waals surface area contributed by atoms with E-state index >= 15 is 0 Å². The predicted octanol–water partition coefficient (Wildman–Crippen LogP) is 1.59. The first-order valence-electron chi connectivity index (χ1n) is 8.62. The fourth-order valence-corrected chi connectivity index (χ4v) is 3.70. The molecule has 150 valence electrons. The fraction of sp³-hybridized carbons (Fsp3) is 0.294. The lowest BCUT2D eigenvalue weighted by Gasteiger charge is -2.02. The molecular formula is C17H18N8O3S. The summed E-state index contributed by atoms with van der Waals surface area (Å²) in [5, 5.41) is 15.2. The molecule has 4 aromatic heterocycles. The standard InChI is InChI=1S/C17H18N8O3S/c1-24-8-10(6-19-24)11-7-18-16(28-3)13-14(11)29-17(20-13)21-15(26)12-9-25(23-22-12)4-5-27-2/h6-9H,4-5H2,1-3H3,(H,20,21,26). The van der Waals surface area contributed by atoms with Gasteiger partial charge in [0.1, 0.15) is 5.52 Å². The lowest BCUT2D eigenvalue weighted by molar-refractivity contribution is 0.102. The van der Waals surface area contributed by atoms with Crippen LogP contribution in [0.5, 0.6) is 5.88 Å². The highest BCUT2D eigenvalue weighted by Crippen LogP contribution is 2.38. The third-order valence-corrected chi connectivity index (χ3v) is 5.11. The van der Waals surface area contributed by atoms with E-state index in [2.05, 4.69) is 30.7 Å². The van der Waals surface area contributed by atoms with Crippen LogP contribution in [0.4, 0.5) is 5.13 Å². The third kappa shape index (κ3) is 3.79. The van der Waals surface area contributed by atoms with Gasteiger partial charge in [0, 0.05) is 37.7 Å². The maximum atomic E-state index is 12.5. The average molecular weight is 414 g/mol. The number of hydrogen-bond acceptors (Lipinski definition) is 9. The molecule has 0 unspecified atom stereocenters. The summed E-state index contributed by atoms with van der Waals surface area (Å²) in [6.07, 6.45) is 6.91. The molecular weight excluding hydrogens is 396 g/mol. The number of ether oxygens (including phenoxy) is 2. The molecule has 4 rings (SSSR count). The topological polar surface area (TPSA) is 122 Å². The van der Waals surface area contributed by atoms with Crippen molar-refractivity contribution >= 4 is 32.6 Å². The first-order chi connectivity index (χ1) is 14.1. The van der Waals surface area contributed by atoms with Crippen LogP contribution in [0.15, 0.2) is 24.8 Å². The van der Waals surface area contributed by atoms with E-state index in [4.69, 9.17) is 9.47 Å². The Bertz CT molecular complexity index is 1160. The Balaban J connectivity index is 1.64. The fourth-order valence-electron chi connectivity index (χ4n) is 2.72. The molecule has 0 fully saturated rings. The van der Waals surface area contributed by atoms with Crippen LogP contribution in [-0.4, -0.2) is 61.5 Å². The summed E-state index contributed by atoms with van der Waals surface area (Å²) in [6.45, 7) is 0.988. The van der Waals surface area contributed by atoms with Crippen molar-refractivity contribution in [3.05, 3.63) is 30.5 Å². The number of carbonyl (C=O) groups is 1. The van der Waals surface area contributed by atoms with Gasteiger partial charge in [-0.05, 0) is 0 Å². The van der Waals surface area contributed by atoms with Crippen molar-refractivity contribution in [1.29, 1.82) is 0 Å². The van der Waals surface area contributed by atoms with Crippen LogP contribution in [0, 0.1) is 0 Å². The van der Waals surface area contributed by atoms with Gasteiger partial charge in [0.2, 0.25) is 5.88 Å². The second-order valence-corrected chi connectivity index (χ2v) is 7.09. The predicted molar refractivity (Wildman–Crippen MR) is 106 cm³/mol. The maximum absolute atomic E-state index is 12.5. The number of nitrogens with one attached hydrogen (secondary N) is 1. The normalized spacial score (nSPS) is 11.1. The van der Waals surface area contributed by atoms with Gasteiger partial charge in [0.15, 0.2) is 10.8 Å². The van der Waals surface area contributed by atoms with Crippen molar-refractivity contribution in [3.8, 4) is 17.0 Å². The third-order valence-electron chi connectivity index (χ3n) is 4.11. The van der Waals surface area contributed by atoms with Crippen molar-refractivity contribution in [1.82, 2.24) is 34.7 Å². The van der Waals surface area contributed by atoms with Crippen molar-refractivity contribution in [3.63, 3.8) is 0 Å². The zero-order valence-corrected chi connectivity index (χ0v) is 16.8. The molecule has 0 aliphatic carbocycles. The summed E-state index contributed by atoms with van der Waals surface area (Å²) in [6, 6.07) is 0. The number of methoxy groups -OCH3 is 2. The van der Waals surface area contributed by atoms with Gasteiger partial charge in [0.25, 0.3) is 5.91 Å². The van der Waals surface area contributed by atoms with Gasteiger partial charge in [-0.15, -0.1) is 5.10 Å². The number of nitrogens with zero attached hydrogens (tertiary/aromatic N) is 7. The van der Waals surface area contributed by atoms with Crippen molar-refractivity contribution in [2.75, 3.05) is 26.1 Å². The zero-order valence-electron chi connectivity index (χ0n) is 16.0. The molecule has 0 aliphatic heterocycles. The molecule has 0 atom stereocenters. The summed E-state index contributed by atoms with van der Waals surface area (Å²) in [4.78, 5) is 21.4. The summed E-state index contributed by atoms with van der Waals surface area (Å²) in [7, 11) is 4.97. The number of pyridine rings is 1. The number of rotatable bonds is 7. The van der Waals surface area contributed by atoms with E-state index in [1.54, 1.807) is 35.1 Å². The minimum atomic E-state index is -0.400. The second-order valence-electron chi connectivity index (χ2n) is 6.09. The van der Waals surface area contributed by atoms with E-state index in [1.807, 2.05) is 13.2 Å². The Morgan fingerprint density at radius 2 is 2.14 bits per heavy atom. The maximum Gasteiger partial charge on any atom is 0.279 e. The van der Waals surface area contributed by atoms with E-state index in [0.717, 1.165) is 15.8 Å². The molecule has 1 amide bonds. The number of carbonyl (C=O) groups excluding carboxylic acids is 1. The Morgan fingerprint density at radius 1 is 1.28 bits per heavy atom. The highest BCUT2D eigenvalue weighted by Gasteiger charge is 2.19. The van der Waals surface area contributed by atoms with Gasteiger partial charge in [-0.2, -0.15) is 5.10 Å². The molecule has 0 aromatic carbocycles. The second kappa shape index (κ2) is 7.93. The molecule has 1 N–H and O–H groups in total. The molecule has 0 spiro atoms. The number of fused-ring (bicyclic) bond motifs is 1. The minimum Gasteiger partial charge on any atom is -0.479 e. The Labute approximate surface area is 169 Å². The monoisotopic (exact) mass is 414 g/mol. The Morgan fingerprint density at radius 3 is 2.86 bits per heavy atom. The lowest BCUT2D eigenvalue weighted by Crippen LogP contribution is -2.12. The minimum absolute atomic E-state index is 0.193. The van der Waals surface area contributed by atoms with Crippen molar-refractivity contribution in [2.45, 2.75) is 6.54 Å². The van der Waals surface area contributed by atoms with Crippen molar-refractivity contribution in [2.24, 2.45) is 7.05 Å². The summed E-state index contributed by atoms with van der Waals surface area (Å²) in [5.74, 6) is -0.0162. The number of anilines is 1. The van der Waals surface area contributed by atoms with E-state index in [0.29, 0.717) is 29.7 Å². The summed E-state index contributed by atoms with van der Waals surface area (Å²) >= 11 is 1.33. The molecule has 4 aromatic rings. The number of amides is 1. The van der Waals surface area contributed by atoms with Crippen molar-refractivity contribution < 1.29 is 14.3 Å². The number of hydrogen-bond donors (Lipinski definition) is 1. The van der Waals surface area contributed by atoms with E-state index in [9.17, 15) is 4.79 Å². The highest BCUT2D eigenvalue weighted by molar-refractivity contribution is 7.23. The number of aromatic nitrogens is 7. The molecule has 0 saturated heterocycles. The van der Waals surface area contributed by atoms with Crippen LogP contribution in [0.25, 0.3) is 21.3 Å². The molecule has 12 heteroatoms. The first-order valence-corrected chi connectivity index (χ1v) is 9.43. The number of aryl methyl sites for hydroxylation is 1. The molecule has 0 radical (unpaired) electrons. The van der Waals surface area contributed by atoms with Crippen LogP contribution in [-0.2, 0) is 18.3 Å². The van der Waals surface area contributed by atoms with E-state index in [-0.39, 0.29) is 5.69 Å². The zero-order chi connectivity index (χ0) is 20.4. The Hall–Kier alpha value is -3.38. The smallest absolute Gasteiger partial charge is 0.279 e. The molecule has 0 saturated carbocycles. The van der Waals surface area contributed by atoms with Crippen LogP contribution >= 0.6 is 11.3 Å². The molecule has 29 heavy (non-hydrogen) atoms. The molecule has 0 aliphatic rings.